The summed E-state index contributed by atoms with van der Waals surface area (Å²) in [5.74, 6) is -1.43. The molecule has 0 bridgehead atoms. The minimum atomic E-state index is -0.693. The van der Waals surface area contributed by atoms with Gasteiger partial charge in [0.05, 0.1) is 26.8 Å². The Morgan fingerprint density at radius 1 is 1.07 bits per heavy atom. The highest BCUT2D eigenvalue weighted by Gasteiger charge is 2.42. The van der Waals surface area contributed by atoms with Crippen molar-refractivity contribution in [1.82, 2.24) is 4.90 Å². The van der Waals surface area contributed by atoms with Crippen molar-refractivity contribution in [2.45, 2.75) is 26.3 Å². The summed E-state index contributed by atoms with van der Waals surface area (Å²) in [7, 11) is 0. The maximum absolute atomic E-state index is 12.6. The van der Waals surface area contributed by atoms with Crippen LogP contribution in [0.25, 0.3) is 0 Å². The molecule has 0 atom stereocenters. The van der Waals surface area contributed by atoms with Crippen molar-refractivity contribution in [3.8, 4) is 0 Å². The molecule has 0 saturated carbocycles. The van der Waals surface area contributed by atoms with Gasteiger partial charge in [-0.25, -0.2) is 0 Å². The highest BCUT2D eigenvalue weighted by Crippen LogP contribution is 2.31. The predicted molar refractivity (Wildman–Crippen MR) is 103 cm³/mol. The van der Waals surface area contributed by atoms with Gasteiger partial charge in [-0.3, -0.25) is 29.4 Å². The number of hydrogen-bond donors (Lipinski definition) is 1. The average Bonchev–Trinajstić information content (AvgIpc) is 2.86. The van der Waals surface area contributed by atoms with Crippen LogP contribution >= 0.6 is 11.6 Å². The molecule has 0 fully saturated rings. The zero-order valence-electron chi connectivity index (χ0n) is 15.3. The molecule has 1 aliphatic heterocycles. The number of nitro benzene ring substituents is 1. The molecule has 28 heavy (non-hydrogen) atoms. The van der Waals surface area contributed by atoms with Crippen LogP contribution < -0.4 is 5.32 Å². The number of carbonyl (C=O) groups is 3. The topological polar surface area (TPSA) is 110 Å². The second-order valence-electron chi connectivity index (χ2n) is 7.25. The molecule has 3 rings (SSSR count). The van der Waals surface area contributed by atoms with E-state index < -0.39 is 28.2 Å². The number of halogens is 1. The summed E-state index contributed by atoms with van der Waals surface area (Å²) in [5.41, 5.74) is -0.150. The van der Waals surface area contributed by atoms with Gasteiger partial charge in [0.15, 0.2) is 0 Å². The predicted octanol–water partition coefficient (Wildman–Crippen LogP) is 3.90. The fraction of sp³-hybridized carbons (Fsp3) is 0.211. The molecule has 0 aromatic heterocycles. The molecule has 0 radical (unpaired) electrons. The van der Waals surface area contributed by atoms with Crippen LogP contribution in [0, 0.1) is 10.1 Å². The van der Waals surface area contributed by atoms with Gasteiger partial charge in [-0.2, -0.15) is 0 Å². The maximum Gasteiger partial charge on any atom is 0.271 e. The first kappa shape index (κ1) is 19.5. The van der Waals surface area contributed by atoms with Crippen molar-refractivity contribution in [2.24, 2.45) is 0 Å². The van der Waals surface area contributed by atoms with Crippen LogP contribution in [0.3, 0.4) is 0 Å². The molecule has 2 aromatic carbocycles. The molecular weight excluding hydrogens is 386 g/mol. The van der Waals surface area contributed by atoms with Crippen molar-refractivity contribution < 1.29 is 19.3 Å². The van der Waals surface area contributed by atoms with E-state index in [2.05, 4.69) is 5.32 Å². The standard InChI is InChI=1S/C19H16ClN3O5/c1-19(2,3)22-17(25)12-6-4-10(8-13(12)18(22)26)16(24)21-15-7-5-11(23(27)28)9-14(15)20/h4-9H,1-3H3,(H,21,24). The SMILES string of the molecule is CC(C)(C)N1C(=O)c2ccc(C(=O)Nc3ccc([N+](=O)[O-])cc3Cl)cc2C1=O. The number of anilines is 1. The Labute approximate surface area is 165 Å². The third-order valence-corrected chi connectivity index (χ3v) is 4.54. The summed E-state index contributed by atoms with van der Waals surface area (Å²) in [5, 5.41) is 13.3. The number of benzene rings is 2. The molecule has 8 nitrogen and oxygen atoms in total. The van der Waals surface area contributed by atoms with E-state index in [0.29, 0.717) is 0 Å². The number of nitrogens with one attached hydrogen (secondary N) is 1. The van der Waals surface area contributed by atoms with Gasteiger partial charge in [0.2, 0.25) is 0 Å². The molecule has 0 spiro atoms. The number of rotatable bonds is 3. The first-order valence-corrected chi connectivity index (χ1v) is 8.66. The van der Waals surface area contributed by atoms with E-state index in [1.165, 1.54) is 30.3 Å². The Kier molecular flexibility index (Phi) is 4.68. The van der Waals surface area contributed by atoms with Gasteiger partial charge in [0, 0.05) is 23.2 Å². The monoisotopic (exact) mass is 401 g/mol. The van der Waals surface area contributed by atoms with E-state index in [9.17, 15) is 24.5 Å². The van der Waals surface area contributed by atoms with Crippen LogP contribution in [-0.4, -0.2) is 33.1 Å². The Balaban J connectivity index is 1.88. The highest BCUT2D eigenvalue weighted by molar-refractivity contribution is 6.34. The van der Waals surface area contributed by atoms with E-state index in [1.807, 2.05) is 0 Å². The summed E-state index contributed by atoms with van der Waals surface area (Å²) in [4.78, 5) is 49.0. The third-order valence-electron chi connectivity index (χ3n) is 4.23. The third kappa shape index (κ3) is 3.34. The lowest BCUT2D eigenvalue weighted by Crippen LogP contribution is -2.45. The molecule has 1 heterocycles. The minimum absolute atomic E-state index is 0.00821. The van der Waals surface area contributed by atoms with Gasteiger partial charge in [-0.15, -0.1) is 0 Å². The number of carbonyl (C=O) groups excluding carboxylic acids is 3. The largest absolute Gasteiger partial charge is 0.321 e. The van der Waals surface area contributed by atoms with E-state index >= 15 is 0 Å². The lowest BCUT2D eigenvalue weighted by molar-refractivity contribution is -0.384. The molecule has 1 N–H and O–H groups in total. The number of hydrogen-bond acceptors (Lipinski definition) is 5. The Morgan fingerprint density at radius 2 is 1.71 bits per heavy atom. The van der Waals surface area contributed by atoms with Gasteiger partial charge < -0.3 is 5.32 Å². The van der Waals surface area contributed by atoms with E-state index in [-0.39, 0.29) is 33.1 Å². The number of nitrogens with zero attached hydrogens (tertiary/aromatic N) is 2. The van der Waals surface area contributed by atoms with Gasteiger partial charge in [0.1, 0.15) is 0 Å². The van der Waals surface area contributed by atoms with Crippen LogP contribution in [0.2, 0.25) is 5.02 Å². The number of amides is 3. The van der Waals surface area contributed by atoms with Crippen molar-refractivity contribution in [3.05, 3.63) is 68.2 Å². The zero-order chi connectivity index (χ0) is 20.8. The summed E-state index contributed by atoms with van der Waals surface area (Å²) in [6.45, 7) is 5.25. The lowest BCUT2D eigenvalue weighted by atomic mass is 10.1. The van der Waals surface area contributed by atoms with Crippen molar-refractivity contribution in [2.75, 3.05) is 5.32 Å². The smallest absolute Gasteiger partial charge is 0.271 e. The highest BCUT2D eigenvalue weighted by atomic mass is 35.5. The van der Waals surface area contributed by atoms with Crippen molar-refractivity contribution in [1.29, 1.82) is 0 Å². The molecule has 9 heteroatoms. The summed E-state index contributed by atoms with van der Waals surface area (Å²) < 4.78 is 0. The van der Waals surface area contributed by atoms with Gasteiger partial charge in [0.25, 0.3) is 23.4 Å². The lowest BCUT2D eigenvalue weighted by Gasteiger charge is -2.29. The number of nitro groups is 1. The molecule has 2 aromatic rings. The second kappa shape index (κ2) is 6.72. The summed E-state index contributed by atoms with van der Waals surface area (Å²) in [6, 6.07) is 7.90. The summed E-state index contributed by atoms with van der Waals surface area (Å²) >= 11 is 5.99. The van der Waals surface area contributed by atoms with Crippen molar-refractivity contribution >= 4 is 40.7 Å². The molecule has 0 aliphatic carbocycles. The fourth-order valence-corrected chi connectivity index (χ4v) is 3.13. The van der Waals surface area contributed by atoms with Gasteiger partial charge in [-0.05, 0) is 45.0 Å². The first-order valence-electron chi connectivity index (χ1n) is 8.29. The molecule has 3 amide bonds. The average molecular weight is 402 g/mol. The summed E-state index contributed by atoms with van der Waals surface area (Å²) in [6.07, 6.45) is 0. The first-order chi connectivity index (χ1) is 13.0. The van der Waals surface area contributed by atoms with Crippen LogP contribution in [0.5, 0.6) is 0 Å². The number of fused-ring (bicyclic) bond motifs is 1. The van der Waals surface area contributed by atoms with E-state index in [4.69, 9.17) is 11.6 Å². The molecule has 0 unspecified atom stereocenters. The van der Waals surface area contributed by atoms with Crippen LogP contribution in [0.1, 0.15) is 51.8 Å². The van der Waals surface area contributed by atoms with Crippen LogP contribution in [0.15, 0.2) is 36.4 Å². The van der Waals surface area contributed by atoms with Crippen LogP contribution in [0.4, 0.5) is 11.4 Å². The quantitative estimate of drug-likeness (QED) is 0.476. The molecule has 1 aliphatic rings. The number of imide groups is 1. The van der Waals surface area contributed by atoms with Gasteiger partial charge in [-0.1, -0.05) is 11.6 Å². The Hall–Kier alpha value is -3.26. The molecule has 0 saturated heterocycles. The molecule has 144 valence electrons. The van der Waals surface area contributed by atoms with E-state index in [1.54, 1.807) is 20.8 Å². The normalized spacial score (nSPS) is 13.5. The van der Waals surface area contributed by atoms with Gasteiger partial charge >= 0.3 is 0 Å². The molecular formula is C19H16ClN3O5. The van der Waals surface area contributed by atoms with Crippen molar-refractivity contribution in [3.63, 3.8) is 0 Å². The number of non-ortho nitro benzene ring substituents is 1. The van der Waals surface area contributed by atoms with E-state index in [0.717, 1.165) is 11.0 Å². The maximum atomic E-state index is 12.6. The fourth-order valence-electron chi connectivity index (χ4n) is 2.90. The second-order valence-corrected chi connectivity index (χ2v) is 7.66. The zero-order valence-corrected chi connectivity index (χ0v) is 16.0. The Bertz CT molecular complexity index is 1040. The van der Waals surface area contributed by atoms with Crippen LogP contribution in [-0.2, 0) is 0 Å². The minimum Gasteiger partial charge on any atom is -0.321 e. The Morgan fingerprint density at radius 3 is 2.29 bits per heavy atom.